The zero-order chi connectivity index (χ0) is 8.15. The standard InChI is InChI=1S/C3H10N6O/c4-1(2(5)6)3(10)8-9-7/h9H,4-7H2,(H,8,10). The molecule has 1 amide bonds. The highest BCUT2D eigenvalue weighted by Gasteiger charge is 2.05. The van der Waals surface area contributed by atoms with E-state index in [0.29, 0.717) is 0 Å². The zero-order valence-electron chi connectivity index (χ0n) is 5.22. The molecule has 0 rings (SSSR count). The van der Waals surface area contributed by atoms with Crippen molar-refractivity contribution in [1.29, 1.82) is 0 Å². The summed E-state index contributed by atoms with van der Waals surface area (Å²) in [5, 5.41) is 0. The summed E-state index contributed by atoms with van der Waals surface area (Å²) in [7, 11) is 0. The summed E-state index contributed by atoms with van der Waals surface area (Å²) >= 11 is 0. The van der Waals surface area contributed by atoms with Gasteiger partial charge in [0.1, 0.15) is 11.5 Å². The van der Waals surface area contributed by atoms with E-state index in [2.05, 4.69) is 0 Å². The van der Waals surface area contributed by atoms with Gasteiger partial charge in [-0.25, -0.2) is 0 Å². The first-order chi connectivity index (χ1) is 4.59. The number of hydrogen-bond acceptors (Lipinski definition) is 6. The third-order valence-electron chi connectivity index (χ3n) is 0.741. The Morgan fingerprint density at radius 3 is 2.00 bits per heavy atom. The van der Waals surface area contributed by atoms with Crippen molar-refractivity contribution in [3.05, 3.63) is 11.5 Å². The Morgan fingerprint density at radius 1 is 1.20 bits per heavy atom. The average molecular weight is 146 g/mol. The van der Waals surface area contributed by atoms with Gasteiger partial charge in [0.15, 0.2) is 0 Å². The summed E-state index contributed by atoms with van der Waals surface area (Å²) < 4.78 is 0. The Labute approximate surface area is 57.3 Å². The number of nitrogens with one attached hydrogen (secondary N) is 2. The summed E-state index contributed by atoms with van der Waals surface area (Å²) in [4.78, 5) is 10.6. The van der Waals surface area contributed by atoms with Crippen molar-refractivity contribution in [3.63, 3.8) is 0 Å². The Kier molecular flexibility index (Phi) is 3.02. The summed E-state index contributed by atoms with van der Waals surface area (Å²) in [5.41, 5.74) is 18.6. The van der Waals surface area contributed by atoms with E-state index in [1.54, 1.807) is 0 Å². The monoisotopic (exact) mass is 146 g/mol. The summed E-state index contributed by atoms with van der Waals surface area (Å²) in [6, 6.07) is 0. The average Bonchev–Trinajstić information content (AvgIpc) is 1.87. The van der Waals surface area contributed by atoms with Crippen LogP contribution in [0.25, 0.3) is 0 Å². The lowest BCUT2D eigenvalue weighted by Gasteiger charge is -2.02. The number of carbonyl (C=O) groups is 1. The molecule has 0 heterocycles. The molecule has 0 fully saturated rings. The van der Waals surface area contributed by atoms with E-state index < -0.39 is 5.91 Å². The minimum Gasteiger partial charge on any atom is -0.391 e. The molecule has 0 aliphatic rings. The van der Waals surface area contributed by atoms with Gasteiger partial charge in [0.2, 0.25) is 0 Å². The molecule has 0 saturated heterocycles. The van der Waals surface area contributed by atoms with Crippen molar-refractivity contribution < 1.29 is 4.79 Å². The van der Waals surface area contributed by atoms with Gasteiger partial charge in [0.05, 0.1) is 0 Å². The van der Waals surface area contributed by atoms with E-state index in [9.17, 15) is 4.79 Å². The second-order valence-corrected chi connectivity index (χ2v) is 1.47. The lowest BCUT2D eigenvalue weighted by atomic mass is 10.4. The predicted molar refractivity (Wildman–Crippen MR) is 35.1 cm³/mol. The zero-order valence-corrected chi connectivity index (χ0v) is 5.22. The van der Waals surface area contributed by atoms with Gasteiger partial charge in [-0.3, -0.25) is 16.1 Å². The maximum atomic E-state index is 10.6. The van der Waals surface area contributed by atoms with Crippen molar-refractivity contribution in [2.24, 2.45) is 23.0 Å². The van der Waals surface area contributed by atoms with Gasteiger partial charge in [-0.1, -0.05) is 0 Å². The lowest BCUT2D eigenvalue weighted by Crippen LogP contribution is -2.45. The summed E-state index contributed by atoms with van der Waals surface area (Å²) in [5.74, 6) is 3.82. The molecule has 0 aromatic carbocycles. The van der Waals surface area contributed by atoms with Crippen LogP contribution in [0.1, 0.15) is 0 Å². The molecule has 7 nitrogen and oxygen atoms in total. The van der Waals surface area contributed by atoms with Crippen LogP contribution in [0.4, 0.5) is 0 Å². The Bertz CT molecular complexity index is 158. The largest absolute Gasteiger partial charge is 0.391 e. The first-order valence-corrected chi connectivity index (χ1v) is 2.36. The number of rotatable bonds is 2. The number of nitrogens with two attached hydrogens (primary N) is 4. The van der Waals surface area contributed by atoms with E-state index in [-0.39, 0.29) is 11.5 Å². The third kappa shape index (κ3) is 2.20. The fourth-order valence-electron chi connectivity index (χ4n) is 0.264. The maximum absolute atomic E-state index is 10.6. The first kappa shape index (κ1) is 8.53. The van der Waals surface area contributed by atoms with Crippen molar-refractivity contribution in [2.45, 2.75) is 0 Å². The molecule has 0 bridgehead atoms. The molecule has 0 radical (unpaired) electrons. The van der Waals surface area contributed by atoms with Crippen LogP contribution < -0.4 is 34.0 Å². The third-order valence-corrected chi connectivity index (χ3v) is 0.741. The molecule has 0 atom stereocenters. The normalized spacial score (nSPS) is 8.50. The van der Waals surface area contributed by atoms with Crippen molar-refractivity contribution in [3.8, 4) is 0 Å². The quantitative estimate of drug-likeness (QED) is 0.135. The van der Waals surface area contributed by atoms with Crippen LogP contribution in [-0.2, 0) is 4.79 Å². The molecule has 10 N–H and O–H groups in total. The van der Waals surface area contributed by atoms with Gasteiger partial charge in [0, 0.05) is 0 Å². The van der Waals surface area contributed by atoms with Crippen LogP contribution in [0.15, 0.2) is 11.5 Å². The van der Waals surface area contributed by atoms with E-state index in [1.807, 2.05) is 11.0 Å². The fraction of sp³-hybridized carbons (Fsp3) is 0. The Morgan fingerprint density at radius 2 is 1.70 bits per heavy atom. The van der Waals surface area contributed by atoms with Crippen LogP contribution in [0.3, 0.4) is 0 Å². The topological polar surface area (TPSA) is 145 Å². The number of hydrazine groups is 2. The molecule has 0 spiro atoms. The Hall–Kier alpha value is -1.47. The van der Waals surface area contributed by atoms with Gasteiger partial charge < -0.3 is 17.2 Å². The molecule has 0 saturated carbocycles. The number of hydrogen-bond donors (Lipinski definition) is 6. The van der Waals surface area contributed by atoms with Crippen LogP contribution >= 0.6 is 0 Å². The number of carbonyl (C=O) groups excluding carboxylic acids is 1. The molecule has 0 aliphatic carbocycles. The number of amides is 1. The first-order valence-electron chi connectivity index (χ1n) is 2.36. The molecule has 0 unspecified atom stereocenters. The molecule has 10 heavy (non-hydrogen) atoms. The molecule has 7 heteroatoms. The van der Waals surface area contributed by atoms with Gasteiger partial charge >= 0.3 is 0 Å². The second kappa shape index (κ2) is 3.54. The molecular weight excluding hydrogens is 136 g/mol. The van der Waals surface area contributed by atoms with Gasteiger partial charge in [0.25, 0.3) is 5.91 Å². The second-order valence-electron chi connectivity index (χ2n) is 1.47. The molecule has 0 aliphatic heterocycles. The highest BCUT2D eigenvalue weighted by molar-refractivity contribution is 5.92. The fourth-order valence-corrected chi connectivity index (χ4v) is 0.264. The summed E-state index contributed by atoms with van der Waals surface area (Å²) in [6.45, 7) is 0. The van der Waals surface area contributed by atoms with E-state index in [0.717, 1.165) is 0 Å². The molecule has 58 valence electrons. The minimum absolute atomic E-state index is 0.243. The maximum Gasteiger partial charge on any atom is 0.286 e. The van der Waals surface area contributed by atoms with Gasteiger partial charge in [-0.05, 0) is 0 Å². The van der Waals surface area contributed by atoms with Crippen LogP contribution in [0, 0.1) is 0 Å². The Balaban J connectivity index is 4.09. The lowest BCUT2D eigenvalue weighted by molar-refractivity contribution is -0.118. The van der Waals surface area contributed by atoms with Gasteiger partial charge in [-0.15, -0.1) is 0 Å². The van der Waals surface area contributed by atoms with Crippen molar-refractivity contribution in [2.75, 3.05) is 0 Å². The molecule has 0 aromatic heterocycles. The highest BCUT2D eigenvalue weighted by atomic mass is 16.2. The SMILES string of the molecule is NNNC(=O)C(N)=C(N)N. The van der Waals surface area contributed by atoms with E-state index in [4.69, 9.17) is 23.0 Å². The van der Waals surface area contributed by atoms with E-state index in [1.165, 1.54) is 0 Å². The smallest absolute Gasteiger partial charge is 0.286 e. The van der Waals surface area contributed by atoms with Gasteiger partial charge in [-0.2, -0.15) is 5.53 Å². The summed E-state index contributed by atoms with van der Waals surface area (Å²) in [6.07, 6.45) is 0. The molecule has 0 aromatic rings. The molecular formula is C3H10N6O. The van der Waals surface area contributed by atoms with E-state index >= 15 is 0 Å². The predicted octanol–water partition coefficient (Wildman–Crippen LogP) is -3.47. The van der Waals surface area contributed by atoms with Crippen molar-refractivity contribution in [1.82, 2.24) is 11.0 Å². The van der Waals surface area contributed by atoms with Crippen molar-refractivity contribution >= 4 is 5.91 Å². The highest BCUT2D eigenvalue weighted by Crippen LogP contribution is 1.80. The van der Waals surface area contributed by atoms with Crippen LogP contribution in [0.2, 0.25) is 0 Å². The van der Waals surface area contributed by atoms with Crippen LogP contribution in [0.5, 0.6) is 0 Å². The van der Waals surface area contributed by atoms with Crippen LogP contribution in [-0.4, -0.2) is 5.91 Å². The minimum atomic E-state index is -0.664.